The monoisotopic (exact) mass is 287 g/mol. The van der Waals surface area contributed by atoms with Crippen molar-refractivity contribution in [1.29, 1.82) is 0 Å². The van der Waals surface area contributed by atoms with E-state index >= 15 is 0 Å². The summed E-state index contributed by atoms with van der Waals surface area (Å²) < 4.78 is 12.9. The number of hydrogen-bond acceptors (Lipinski definition) is 4. The molecule has 2 aromatic rings. The Kier molecular flexibility index (Phi) is 4.22. The lowest BCUT2D eigenvalue weighted by Gasteiger charge is -2.22. The fourth-order valence-corrected chi connectivity index (χ4v) is 2.69. The minimum absolute atomic E-state index is 0.0422. The maximum atomic E-state index is 5.84. The summed E-state index contributed by atoms with van der Waals surface area (Å²) in [5, 5.41) is 7.96. The van der Waals surface area contributed by atoms with Crippen molar-refractivity contribution in [1.82, 2.24) is 15.1 Å². The van der Waals surface area contributed by atoms with Gasteiger partial charge in [-0.2, -0.15) is 5.10 Å². The van der Waals surface area contributed by atoms with Crippen molar-refractivity contribution in [3.8, 4) is 5.75 Å². The van der Waals surface area contributed by atoms with Gasteiger partial charge in [0.15, 0.2) is 0 Å². The third-order valence-electron chi connectivity index (χ3n) is 3.73. The fourth-order valence-electron chi connectivity index (χ4n) is 2.69. The van der Waals surface area contributed by atoms with Crippen LogP contribution in [0.4, 0.5) is 0 Å². The van der Waals surface area contributed by atoms with E-state index in [0.717, 1.165) is 37.6 Å². The van der Waals surface area contributed by atoms with Crippen molar-refractivity contribution in [2.24, 2.45) is 7.05 Å². The molecule has 0 fully saturated rings. The van der Waals surface area contributed by atoms with Crippen LogP contribution >= 0.6 is 0 Å². The van der Waals surface area contributed by atoms with Crippen molar-refractivity contribution in [2.45, 2.75) is 19.1 Å². The Balaban J connectivity index is 1.58. The molecule has 1 atom stereocenters. The van der Waals surface area contributed by atoms with Gasteiger partial charge in [0, 0.05) is 26.3 Å². The Bertz CT molecular complexity index is 609. The number of hydrogen-bond donors (Lipinski definition) is 1. The Morgan fingerprint density at radius 2 is 2.38 bits per heavy atom. The minimum atomic E-state index is 0.0422. The molecule has 0 aliphatic carbocycles. The molecular weight excluding hydrogens is 266 g/mol. The van der Waals surface area contributed by atoms with E-state index < -0.39 is 0 Å². The predicted octanol–water partition coefficient (Wildman–Crippen LogP) is 1.83. The first-order valence-corrected chi connectivity index (χ1v) is 7.24. The van der Waals surface area contributed by atoms with Gasteiger partial charge in [-0.25, -0.2) is 0 Å². The molecule has 3 rings (SSSR count). The van der Waals surface area contributed by atoms with Gasteiger partial charge in [0.25, 0.3) is 0 Å². The Hall–Kier alpha value is -1.85. The van der Waals surface area contributed by atoms with Gasteiger partial charge in [-0.3, -0.25) is 4.68 Å². The van der Waals surface area contributed by atoms with Crippen LogP contribution in [0.5, 0.6) is 5.75 Å². The Labute approximate surface area is 124 Å². The summed E-state index contributed by atoms with van der Waals surface area (Å²) >= 11 is 0. The number of ether oxygens (including phenoxy) is 2. The average molecular weight is 287 g/mol. The fraction of sp³-hybridized carbons (Fsp3) is 0.438. The van der Waals surface area contributed by atoms with E-state index in [-0.39, 0.29) is 6.10 Å². The smallest absolute Gasteiger partial charge is 0.119 e. The van der Waals surface area contributed by atoms with Crippen LogP contribution in [0.3, 0.4) is 0 Å². The quantitative estimate of drug-likeness (QED) is 0.911. The topological polar surface area (TPSA) is 48.3 Å². The summed E-state index contributed by atoms with van der Waals surface area (Å²) in [6.07, 6.45) is 3.09. The molecule has 0 spiro atoms. The van der Waals surface area contributed by atoms with Crippen LogP contribution in [-0.4, -0.2) is 30.0 Å². The number of nitrogens with zero attached hydrogens (tertiary/aromatic N) is 2. The van der Waals surface area contributed by atoms with Gasteiger partial charge in [-0.05, 0) is 29.7 Å². The molecule has 112 valence electrons. The van der Waals surface area contributed by atoms with E-state index in [2.05, 4.69) is 22.7 Å². The summed E-state index contributed by atoms with van der Waals surface area (Å²) in [6, 6.07) is 8.09. The zero-order valence-corrected chi connectivity index (χ0v) is 12.5. The van der Waals surface area contributed by atoms with Gasteiger partial charge >= 0.3 is 0 Å². The van der Waals surface area contributed by atoms with Crippen molar-refractivity contribution in [3.63, 3.8) is 0 Å². The van der Waals surface area contributed by atoms with E-state index in [1.807, 2.05) is 29.9 Å². The molecule has 21 heavy (non-hydrogen) atoms. The SMILES string of the molecule is COc1cccc(CNC[C@@H]2OCCc3cn(C)nc32)c1. The molecule has 1 aromatic heterocycles. The zero-order valence-electron chi connectivity index (χ0n) is 12.5. The van der Waals surface area contributed by atoms with Crippen molar-refractivity contribution < 1.29 is 9.47 Å². The van der Waals surface area contributed by atoms with Crippen LogP contribution in [0.2, 0.25) is 0 Å². The molecule has 0 unspecified atom stereocenters. The van der Waals surface area contributed by atoms with E-state index in [1.165, 1.54) is 11.1 Å². The first kappa shape index (κ1) is 14.1. The highest BCUT2D eigenvalue weighted by Crippen LogP contribution is 2.24. The normalized spacial score (nSPS) is 17.5. The Morgan fingerprint density at radius 1 is 1.48 bits per heavy atom. The van der Waals surface area contributed by atoms with E-state index in [1.54, 1.807) is 7.11 Å². The van der Waals surface area contributed by atoms with E-state index in [4.69, 9.17) is 9.47 Å². The van der Waals surface area contributed by atoms with Gasteiger partial charge in [0.05, 0.1) is 19.4 Å². The van der Waals surface area contributed by atoms with Gasteiger partial charge in [0.2, 0.25) is 0 Å². The minimum Gasteiger partial charge on any atom is -0.497 e. The lowest BCUT2D eigenvalue weighted by atomic mass is 10.1. The molecule has 0 bridgehead atoms. The first-order valence-electron chi connectivity index (χ1n) is 7.24. The number of aryl methyl sites for hydroxylation is 1. The predicted molar refractivity (Wildman–Crippen MR) is 80.3 cm³/mol. The summed E-state index contributed by atoms with van der Waals surface area (Å²) in [4.78, 5) is 0. The molecule has 0 amide bonds. The number of aromatic nitrogens is 2. The average Bonchev–Trinajstić information content (AvgIpc) is 2.88. The molecule has 1 aliphatic heterocycles. The Morgan fingerprint density at radius 3 is 3.24 bits per heavy atom. The summed E-state index contributed by atoms with van der Waals surface area (Å²) in [7, 11) is 3.64. The zero-order chi connectivity index (χ0) is 14.7. The highest BCUT2D eigenvalue weighted by atomic mass is 16.5. The largest absolute Gasteiger partial charge is 0.497 e. The van der Waals surface area contributed by atoms with Gasteiger partial charge in [-0.15, -0.1) is 0 Å². The van der Waals surface area contributed by atoms with Crippen LogP contribution in [0.15, 0.2) is 30.5 Å². The number of methoxy groups -OCH3 is 1. The van der Waals surface area contributed by atoms with Gasteiger partial charge in [-0.1, -0.05) is 12.1 Å². The van der Waals surface area contributed by atoms with Gasteiger partial charge < -0.3 is 14.8 Å². The second kappa shape index (κ2) is 6.28. The second-order valence-corrected chi connectivity index (χ2v) is 5.31. The van der Waals surface area contributed by atoms with E-state index in [9.17, 15) is 0 Å². The highest BCUT2D eigenvalue weighted by Gasteiger charge is 2.23. The van der Waals surface area contributed by atoms with E-state index in [0.29, 0.717) is 0 Å². The van der Waals surface area contributed by atoms with Crippen molar-refractivity contribution in [3.05, 3.63) is 47.3 Å². The second-order valence-electron chi connectivity index (χ2n) is 5.31. The maximum Gasteiger partial charge on any atom is 0.119 e. The summed E-state index contributed by atoms with van der Waals surface area (Å²) in [6.45, 7) is 2.32. The molecule has 1 aliphatic rings. The summed E-state index contributed by atoms with van der Waals surface area (Å²) in [5.41, 5.74) is 3.57. The molecule has 5 nitrogen and oxygen atoms in total. The first-order chi connectivity index (χ1) is 10.3. The number of fused-ring (bicyclic) bond motifs is 1. The van der Waals surface area contributed by atoms with Crippen molar-refractivity contribution >= 4 is 0 Å². The molecule has 2 heterocycles. The third-order valence-corrected chi connectivity index (χ3v) is 3.73. The lowest BCUT2D eigenvalue weighted by molar-refractivity contribution is 0.0393. The lowest BCUT2D eigenvalue weighted by Crippen LogP contribution is -2.27. The summed E-state index contributed by atoms with van der Waals surface area (Å²) in [5.74, 6) is 0.884. The molecular formula is C16H21N3O2. The van der Waals surface area contributed by atoms with Crippen LogP contribution in [0.1, 0.15) is 22.9 Å². The molecule has 0 saturated carbocycles. The number of benzene rings is 1. The van der Waals surface area contributed by atoms with Crippen LogP contribution in [0, 0.1) is 0 Å². The van der Waals surface area contributed by atoms with Crippen LogP contribution in [-0.2, 0) is 24.8 Å². The molecule has 0 saturated heterocycles. The molecule has 0 radical (unpaired) electrons. The number of nitrogens with one attached hydrogen (secondary N) is 1. The third kappa shape index (κ3) is 3.25. The molecule has 1 aromatic carbocycles. The molecule has 1 N–H and O–H groups in total. The highest BCUT2D eigenvalue weighted by molar-refractivity contribution is 5.28. The van der Waals surface area contributed by atoms with Gasteiger partial charge in [0.1, 0.15) is 11.9 Å². The van der Waals surface area contributed by atoms with Crippen LogP contribution in [0.25, 0.3) is 0 Å². The maximum absolute atomic E-state index is 5.84. The van der Waals surface area contributed by atoms with Crippen LogP contribution < -0.4 is 10.1 Å². The van der Waals surface area contributed by atoms with Crippen molar-refractivity contribution in [2.75, 3.05) is 20.3 Å². The molecule has 5 heteroatoms. The number of rotatable bonds is 5. The standard InChI is InChI=1S/C16H21N3O2/c1-19-11-13-6-7-21-15(16(13)18-19)10-17-9-12-4-3-5-14(8-12)20-2/h3-5,8,11,15,17H,6-7,9-10H2,1-2H3/t15-/m0/s1.